The summed E-state index contributed by atoms with van der Waals surface area (Å²) in [5.41, 5.74) is 4.95. The summed E-state index contributed by atoms with van der Waals surface area (Å²) in [6.45, 7) is -0.787. The molecule has 0 aliphatic carbocycles. The molecule has 12 heteroatoms. The molecule has 0 aromatic heterocycles. The van der Waals surface area contributed by atoms with Crippen LogP contribution in [-0.2, 0) is 25.9 Å². The van der Waals surface area contributed by atoms with Gasteiger partial charge in [-0.25, -0.2) is 0 Å². The Bertz CT molecular complexity index is 193. The molecule has 7 nitrogen and oxygen atoms in total. The summed E-state index contributed by atoms with van der Waals surface area (Å²) in [5.74, 6) is -1.50. The maximum absolute atomic E-state index is 10.2. The van der Waals surface area contributed by atoms with E-state index in [-0.39, 0.29) is 70.7 Å². The van der Waals surface area contributed by atoms with Crippen LogP contribution < -0.4 is 55.4 Å². The smallest absolute Gasteiger partial charge is 1.00 e. The van der Waals surface area contributed by atoms with Crippen molar-refractivity contribution >= 4 is 5.97 Å². The minimum atomic E-state index is -1.82. The average molecular weight is 532 g/mol. The molecule has 0 aromatic rings. The predicted octanol–water partition coefficient (Wildman–Crippen LogP) is -15.5. The second-order valence-electron chi connectivity index (χ2n) is 2.60. The van der Waals surface area contributed by atoms with E-state index in [9.17, 15) is 4.79 Å². The Morgan fingerprint density at radius 2 is 1.33 bits per heavy atom. The van der Waals surface area contributed by atoms with Gasteiger partial charge in [-0.3, -0.25) is 4.79 Å². The van der Waals surface area contributed by atoms with E-state index in [1.807, 2.05) is 0 Å². The van der Waals surface area contributed by atoms with Crippen molar-refractivity contribution in [3.63, 3.8) is 0 Å². The van der Waals surface area contributed by atoms with Gasteiger partial charge >= 0.3 is 27.0 Å². The minimum Gasteiger partial charge on any atom is -1.00 e. The van der Waals surface area contributed by atoms with E-state index in [2.05, 4.69) is 0 Å². The Hall–Kier alpha value is 1.12. The average Bonchev–Trinajstić information content (AvgIpc) is 2.12. The van der Waals surface area contributed by atoms with Gasteiger partial charge in [-0.05, 0) is 0 Å². The Morgan fingerprint density at radius 3 is 1.56 bits per heavy atom. The van der Waals surface area contributed by atoms with E-state index in [0.717, 1.165) is 0 Å². The molecular formula is C6H13Cl4NO6Pt. The topological polar surface area (TPSA) is 144 Å². The third-order valence-electron chi connectivity index (χ3n) is 1.58. The van der Waals surface area contributed by atoms with Crippen LogP contribution in [0.2, 0.25) is 0 Å². The quantitative estimate of drug-likeness (QED) is 0.207. The number of aliphatic hydroxyl groups is 4. The molecule has 18 heavy (non-hydrogen) atoms. The number of aliphatic carboxylic acids is 1. The third-order valence-corrected chi connectivity index (χ3v) is 1.58. The summed E-state index contributed by atoms with van der Waals surface area (Å²) < 4.78 is 0. The SMILES string of the molecule is N[C@@H](C(=O)O)[C@@H](O)[C@H](O)[C@H](O)CO.[Cl-].[Cl-].[Cl-].[Cl-].[Pt+4]. The molecule has 0 bridgehead atoms. The zero-order valence-corrected chi connectivity index (χ0v) is 13.9. The summed E-state index contributed by atoms with van der Waals surface area (Å²) >= 11 is 0. The molecule has 0 aliphatic rings. The van der Waals surface area contributed by atoms with Gasteiger partial charge in [0.05, 0.1) is 6.61 Å². The fraction of sp³-hybridized carbons (Fsp3) is 0.833. The molecule has 0 radical (unpaired) electrons. The molecule has 4 atom stereocenters. The number of rotatable bonds is 5. The van der Waals surface area contributed by atoms with Crippen LogP contribution in [0.15, 0.2) is 0 Å². The van der Waals surface area contributed by atoms with Gasteiger partial charge < -0.3 is 80.9 Å². The van der Waals surface area contributed by atoms with Gasteiger partial charge in [-0.2, -0.15) is 0 Å². The van der Waals surface area contributed by atoms with Crippen molar-refractivity contribution in [2.45, 2.75) is 24.4 Å². The zero-order valence-electron chi connectivity index (χ0n) is 8.57. The van der Waals surface area contributed by atoms with Gasteiger partial charge in [0.15, 0.2) is 0 Å². The van der Waals surface area contributed by atoms with Crippen LogP contribution in [0, 0.1) is 0 Å². The van der Waals surface area contributed by atoms with E-state index < -0.39 is 36.9 Å². The standard InChI is InChI=1S/C6H13NO6.4ClH.Pt/c7-3(6(12)13)5(11)4(10)2(9)1-8;;;;;/h2-5,8-11H,1,7H2,(H,12,13);4*1H;/q;;;;;+4/p-4/t2-,3-,4-,5-;;;;;/m1...../s1. The molecule has 116 valence electrons. The first kappa shape index (κ1) is 36.5. The number of hydrogen-bond donors (Lipinski definition) is 6. The fourth-order valence-corrected chi connectivity index (χ4v) is 0.694. The molecule has 0 aliphatic heterocycles. The van der Waals surface area contributed by atoms with Crippen LogP contribution in [0.1, 0.15) is 0 Å². The van der Waals surface area contributed by atoms with Gasteiger partial charge in [0.1, 0.15) is 24.4 Å². The van der Waals surface area contributed by atoms with Gasteiger partial charge in [0.2, 0.25) is 0 Å². The number of carbonyl (C=O) groups is 1. The summed E-state index contributed by atoms with van der Waals surface area (Å²) in [6.07, 6.45) is -5.21. The number of nitrogens with two attached hydrogens (primary N) is 1. The maximum Gasteiger partial charge on any atom is 4.00 e. The van der Waals surface area contributed by atoms with Crippen LogP contribution in [0.25, 0.3) is 0 Å². The first-order valence-electron chi connectivity index (χ1n) is 3.55. The Morgan fingerprint density at radius 1 is 1.00 bits per heavy atom. The van der Waals surface area contributed by atoms with Crippen molar-refractivity contribution in [2.75, 3.05) is 6.61 Å². The molecule has 0 spiro atoms. The van der Waals surface area contributed by atoms with Crippen LogP contribution in [-0.4, -0.2) is 62.5 Å². The Kier molecular flexibility index (Phi) is 36.7. The van der Waals surface area contributed by atoms with Crippen molar-refractivity contribution in [2.24, 2.45) is 5.73 Å². The van der Waals surface area contributed by atoms with Crippen molar-refractivity contribution < 1.29 is 101 Å². The number of halogens is 4. The summed E-state index contributed by atoms with van der Waals surface area (Å²) in [6, 6.07) is -1.70. The van der Waals surface area contributed by atoms with Crippen LogP contribution in [0.4, 0.5) is 0 Å². The number of carboxylic acids is 1. The second-order valence-corrected chi connectivity index (χ2v) is 2.60. The molecule has 0 rings (SSSR count). The van der Waals surface area contributed by atoms with Gasteiger partial charge in [0, 0.05) is 0 Å². The third kappa shape index (κ3) is 12.2. The first-order valence-corrected chi connectivity index (χ1v) is 3.55. The van der Waals surface area contributed by atoms with Crippen LogP contribution in [0.3, 0.4) is 0 Å². The minimum absolute atomic E-state index is 0. The maximum atomic E-state index is 10.2. The first-order chi connectivity index (χ1) is 5.91. The Labute approximate surface area is 143 Å². The van der Waals surface area contributed by atoms with Crippen LogP contribution >= 0.6 is 0 Å². The summed E-state index contributed by atoms with van der Waals surface area (Å²) in [4.78, 5) is 10.2. The number of hydrogen-bond acceptors (Lipinski definition) is 6. The van der Waals surface area contributed by atoms with E-state index in [1.165, 1.54) is 0 Å². The molecule has 0 heterocycles. The van der Waals surface area contributed by atoms with Gasteiger partial charge in [-0.15, -0.1) is 0 Å². The molecule has 7 N–H and O–H groups in total. The Balaban J connectivity index is -0.0000000720. The fourth-order valence-electron chi connectivity index (χ4n) is 0.694. The molecule has 0 fully saturated rings. The molecule has 0 unspecified atom stereocenters. The molecule has 0 saturated carbocycles. The molecule has 0 saturated heterocycles. The summed E-state index contributed by atoms with van der Waals surface area (Å²) in [5, 5.41) is 43.5. The normalized spacial score (nSPS) is 14.7. The van der Waals surface area contributed by atoms with Gasteiger partial charge in [0.25, 0.3) is 0 Å². The van der Waals surface area contributed by atoms with E-state index >= 15 is 0 Å². The van der Waals surface area contributed by atoms with Crippen molar-refractivity contribution in [3.05, 3.63) is 0 Å². The number of carboxylic acid groups (broad SMARTS) is 1. The van der Waals surface area contributed by atoms with E-state index in [1.54, 1.807) is 0 Å². The van der Waals surface area contributed by atoms with E-state index in [4.69, 9.17) is 31.3 Å². The molecule has 0 amide bonds. The summed E-state index contributed by atoms with van der Waals surface area (Å²) in [7, 11) is 0. The largest absolute Gasteiger partial charge is 4.00 e. The van der Waals surface area contributed by atoms with Gasteiger partial charge in [-0.1, -0.05) is 0 Å². The van der Waals surface area contributed by atoms with Crippen LogP contribution in [0.5, 0.6) is 0 Å². The van der Waals surface area contributed by atoms with Crippen molar-refractivity contribution in [3.8, 4) is 0 Å². The second kappa shape index (κ2) is 18.1. The van der Waals surface area contributed by atoms with Crippen molar-refractivity contribution in [1.29, 1.82) is 0 Å². The molecule has 0 aromatic carbocycles. The monoisotopic (exact) mass is 530 g/mol. The number of aliphatic hydroxyl groups excluding tert-OH is 4. The predicted molar refractivity (Wildman–Crippen MR) is 40.7 cm³/mol. The zero-order chi connectivity index (χ0) is 10.6. The van der Waals surface area contributed by atoms with E-state index in [0.29, 0.717) is 0 Å². The molecular weight excluding hydrogens is 519 g/mol. The van der Waals surface area contributed by atoms with Crippen molar-refractivity contribution in [1.82, 2.24) is 0 Å².